The molecule has 3 rings (SSSR count). The summed E-state index contributed by atoms with van der Waals surface area (Å²) in [6.45, 7) is 2.89. The van der Waals surface area contributed by atoms with Crippen molar-refractivity contribution in [1.82, 2.24) is 4.90 Å². The molecule has 0 aromatic heterocycles. The topological polar surface area (TPSA) is 49.4 Å². The summed E-state index contributed by atoms with van der Waals surface area (Å²) in [6.07, 6.45) is 1.28. The average Bonchev–Trinajstić information content (AvgIpc) is 2.66. The van der Waals surface area contributed by atoms with Gasteiger partial charge in [-0.1, -0.05) is 30.3 Å². The van der Waals surface area contributed by atoms with Gasteiger partial charge in [0.05, 0.1) is 6.42 Å². The summed E-state index contributed by atoms with van der Waals surface area (Å²) in [6, 6.07) is 11.2. The van der Waals surface area contributed by atoms with E-state index in [0.29, 0.717) is 32.4 Å². The van der Waals surface area contributed by atoms with Gasteiger partial charge in [0.15, 0.2) is 0 Å². The van der Waals surface area contributed by atoms with Gasteiger partial charge in [0.25, 0.3) is 0 Å². The average molecular weight is 372 g/mol. The molecule has 0 saturated carbocycles. The van der Waals surface area contributed by atoms with E-state index in [2.05, 4.69) is 5.32 Å². The van der Waals surface area contributed by atoms with Crippen molar-refractivity contribution in [1.29, 1.82) is 0 Å². The van der Waals surface area contributed by atoms with Gasteiger partial charge < -0.3 is 10.2 Å². The standard InChI is InChI=1S/C21H22F2N2O2/c1-14-5-2-3-6-16(14)13-19(26)25-11-9-15(10-12-25)21(27)24-20-17(22)7-4-8-18(20)23/h2-8,15H,9-13H2,1H3,(H,24,27). The summed E-state index contributed by atoms with van der Waals surface area (Å²) in [5.74, 6) is -2.34. The first-order valence-corrected chi connectivity index (χ1v) is 9.03. The fourth-order valence-electron chi connectivity index (χ4n) is 3.32. The molecular formula is C21H22F2N2O2. The number of hydrogen-bond acceptors (Lipinski definition) is 2. The Morgan fingerprint density at radius 2 is 1.67 bits per heavy atom. The smallest absolute Gasteiger partial charge is 0.227 e. The van der Waals surface area contributed by atoms with E-state index >= 15 is 0 Å². The first kappa shape index (κ1) is 19.0. The first-order valence-electron chi connectivity index (χ1n) is 9.03. The molecule has 6 heteroatoms. The number of benzene rings is 2. The molecule has 1 aliphatic heterocycles. The van der Waals surface area contributed by atoms with E-state index in [1.807, 2.05) is 31.2 Å². The Kier molecular flexibility index (Phi) is 5.84. The Labute approximate surface area is 157 Å². The number of halogens is 2. The maximum absolute atomic E-state index is 13.7. The third kappa shape index (κ3) is 4.51. The molecular weight excluding hydrogens is 350 g/mol. The SMILES string of the molecule is Cc1ccccc1CC(=O)N1CCC(C(=O)Nc2c(F)cccc2F)CC1. The molecule has 1 aliphatic rings. The summed E-state index contributed by atoms with van der Waals surface area (Å²) in [7, 11) is 0. The minimum absolute atomic E-state index is 0.0308. The van der Waals surface area contributed by atoms with E-state index in [1.165, 1.54) is 6.07 Å². The number of nitrogens with zero attached hydrogens (tertiary/aromatic N) is 1. The zero-order valence-corrected chi connectivity index (χ0v) is 15.2. The third-order valence-electron chi connectivity index (χ3n) is 5.03. The lowest BCUT2D eigenvalue weighted by Crippen LogP contribution is -2.42. The van der Waals surface area contributed by atoms with Crippen LogP contribution in [0.1, 0.15) is 24.0 Å². The van der Waals surface area contributed by atoms with Gasteiger partial charge in [0, 0.05) is 19.0 Å². The van der Waals surface area contributed by atoms with Gasteiger partial charge >= 0.3 is 0 Å². The van der Waals surface area contributed by atoms with Crippen molar-refractivity contribution in [3.63, 3.8) is 0 Å². The second-order valence-electron chi connectivity index (χ2n) is 6.84. The number of carbonyl (C=O) groups is 2. The van der Waals surface area contributed by atoms with E-state index in [0.717, 1.165) is 23.3 Å². The molecule has 0 unspecified atom stereocenters. The zero-order chi connectivity index (χ0) is 19.4. The van der Waals surface area contributed by atoms with E-state index in [4.69, 9.17) is 0 Å². The molecule has 0 atom stereocenters. The van der Waals surface area contributed by atoms with Crippen LogP contribution in [0.4, 0.5) is 14.5 Å². The van der Waals surface area contributed by atoms with Gasteiger partial charge in [-0.25, -0.2) is 8.78 Å². The number of piperidine rings is 1. The third-order valence-corrected chi connectivity index (χ3v) is 5.03. The van der Waals surface area contributed by atoms with Gasteiger partial charge in [-0.15, -0.1) is 0 Å². The van der Waals surface area contributed by atoms with Gasteiger partial charge in [-0.3, -0.25) is 9.59 Å². The van der Waals surface area contributed by atoms with Crippen molar-refractivity contribution in [2.24, 2.45) is 5.92 Å². The van der Waals surface area contributed by atoms with Gasteiger partial charge in [0.1, 0.15) is 17.3 Å². The molecule has 0 spiro atoms. The van der Waals surface area contributed by atoms with Crippen molar-refractivity contribution in [2.75, 3.05) is 18.4 Å². The molecule has 1 N–H and O–H groups in total. The Bertz CT molecular complexity index is 826. The molecule has 142 valence electrons. The highest BCUT2D eigenvalue weighted by Crippen LogP contribution is 2.23. The van der Waals surface area contributed by atoms with Crippen molar-refractivity contribution in [3.05, 3.63) is 65.2 Å². The van der Waals surface area contributed by atoms with Crippen LogP contribution in [-0.2, 0) is 16.0 Å². The van der Waals surface area contributed by atoms with Crippen LogP contribution in [0.3, 0.4) is 0 Å². The predicted molar refractivity (Wildman–Crippen MR) is 99.2 cm³/mol. The maximum atomic E-state index is 13.7. The molecule has 0 aliphatic carbocycles. The highest BCUT2D eigenvalue weighted by Gasteiger charge is 2.28. The zero-order valence-electron chi connectivity index (χ0n) is 15.2. The predicted octanol–water partition coefficient (Wildman–Crippen LogP) is 3.69. The molecule has 1 heterocycles. The van der Waals surface area contributed by atoms with Crippen molar-refractivity contribution in [2.45, 2.75) is 26.2 Å². The lowest BCUT2D eigenvalue weighted by Gasteiger charge is -2.31. The Hall–Kier alpha value is -2.76. The van der Waals surface area contributed by atoms with Crippen LogP contribution in [-0.4, -0.2) is 29.8 Å². The molecule has 2 aromatic rings. The maximum Gasteiger partial charge on any atom is 0.227 e. The summed E-state index contributed by atoms with van der Waals surface area (Å²) in [4.78, 5) is 26.6. The quantitative estimate of drug-likeness (QED) is 0.890. The monoisotopic (exact) mass is 372 g/mol. The van der Waals surface area contributed by atoms with Crippen LogP contribution >= 0.6 is 0 Å². The first-order chi connectivity index (χ1) is 13.0. The number of para-hydroxylation sites is 1. The van der Waals surface area contributed by atoms with Crippen LogP contribution in [0.15, 0.2) is 42.5 Å². The minimum Gasteiger partial charge on any atom is -0.342 e. The van der Waals surface area contributed by atoms with Crippen molar-refractivity contribution >= 4 is 17.5 Å². The Morgan fingerprint density at radius 1 is 1.04 bits per heavy atom. The Balaban J connectivity index is 1.54. The fraction of sp³-hybridized carbons (Fsp3) is 0.333. The van der Waals surface area contributed by atoms with Crippen LogP contribution in [0.2, 0.25) is 0 Å². The van der Waals surface area contributed by atoms with Crippen LogP contribution in [0, 0.1) is 24.5 Å². The highest BCUT2D eigenvalue weighted by atomic mass is 19.1. The van der Waals surface area contributed by atoms with E-state index in [9.17, 15) is 18.4 Å². The lowest BCUT2D eigenvalue weighted by atomic mass is 9.95. The molecule has 1 fully saturated rings. The number of rotatable bonds is 4. The Morgan fingerprint density at radius 3 is 2.30 bits per heavy atom. The van der Waals surface area contributed by atoms with Crippen LogP contribution in [0.25, 0.3) is 0 Å². The summed E-state index contributed by atoms with van der Waals surface area (Å²) in [5.41, 5.74) is 1.66. The number of hydrogen-bond donors (Lipinski definition) is 1. The van der Waals surface area contributed by atoms with E-state index in [-0.39, 0.29) is 11.8 Å². The minimum atomic E-state index is -0.797. The molecule has 2 amide bonds. The summed E-state index contributed by atoms with van der Waals surface area (Å²) < 4.78 is 27.4. The number of likely N-dealkylation sites (tertiary alicyclic amines) is 1. The number of nitrogens with one attached hydrogen (secondary N) is 1. The molecule has 4 nitrogen and oxygen atoms in total. The number of amides is 2. The summed E-state index contributed by atoms with van der Waals surface area (Å²) >= 11 is 0. The fourth-order valence-corrected chi connectivity index (χ4v) is 3.32. The van der Waals surface area contributed by atoms with Crippen LogP contribution < -0.4 is 5.32 Å². The summed E-state index contributed by atoms with van der Waals surface area (Å²) in [5, 5.41) is 2.35. The van der Waals surface area contributed by atoms with E-state index < -0.39 is 23.2 Å². The molecule has 1 saturated heterocycles. The van der Waals surface area contributed by atoms with E-state index in [1.54, 1.807) is 4.90 Å². The van der Waals surface area contributed by atoms with Crippen LogP contribution in [0.5, 0.6) is 0 Å². The second kappa shape index (κ2) is 8.29. The number of aryl methyl sites for hydroxylation is 1. The second-order valence-corrected chi connectivity index (χ2v) is 6.84. The number of carbonyl (C=O) groups excluding carboxylic acids is 2. The number of anilines is 1. The van der Waals surface area contributed by atoms with Gasteiger partial charge in [-0.05, 0) is 43.0 Å². The molecule has 27 heavy (non-hydrogen) atoms. The van der Waals surface area contributed by atoms with Crippen molar-refractivity contribution in [3.8, 4) is 0 Å². The highest BCUT2D eigenvalue weighted by molar-refractivity contribution is 5.93. The lowest BCUT2D eigenvalue weighted by molar-refractivity contribution is -0.133. The largest absolute Gasteiger partial charge is 0.342 e. The normalized spacial score (nSPS) is 14.9. The van der Waals surface area contributed by atoms with Gasteiger partial charge in [-0.2, -0.15) is 0 Å². The van der Waals surface area contributed by atoms with Gasteiger partial charge in [0.2, 0.25) is 11.8 Å². The molecule has 0 bridgehead atoms. The molecule has 0 radical (unpaired) electrons. The molecule has 2 aromatic carbocycles. The van der Waals surface area contributed by atoms with Crippen molar-refractivity contribution < 1.29 is 18.4 Å².